The Hall–Kier alpha value is -0.770. The van der Waals surface area contributed by atoms with Crippen molar-refractivity contribution in [2.24, 2.45) is 17.1 Å². The van der Waals surface area contributed by atoms with Gasteiger partial charge in [-0.25, -0.2) is 4.79 Å². The predicted molar refractivity (Wildman–Crippen MR) is 78.0 cm³/mol. The molecule has 0 aliphatic carbocycles. The van der Waals surface area contributed by atoms with Crippen LogP contribution >= 0.6 is 0 Å². The van der Waals surface area contributed by atoms with Gasteiger partial charge in [-0.2, -0.15) is 0 Å². The summed E-state index contributed by atoms with van der Waals surface area (Å²) in [6, 6.07) is 0. The molecule has 0 saturated carbocycles. The van der Waals surface area contributed by atoms with Gasteiger partial charge in [-0.05, 0) is 57.9 Å². The molecule has 0 aromatic carbocycles. The van der Waals surface area contributed by atoms with E-state index in [-0.39, 0.29) is 11.5 Å². The van der Waals surface area contributed by atoms with Gasteiger partial charge >= 0.3 is 6.09 Å². The minimum atomic E-state index is -0.417. The lowest BCUT2D eigenvalue weighted by atomic mass is 9.75. The van der Waals surface area contributed by atoms with Crippen molar-refractivity contribution in [1.82, 2.24) is 4.90 Å². The normalized spacial score (nSPS) is 22.0. The molecule has 4 nitrogen and oxygen atoms in total. The fourth-order valence-electron chi connectivity index (χ4n) is 2.55. The van der Waals surface area contributed by atoms with Crippen LogP contribution in [-0.2, 0) is 4.74 Å². The molecular weight excluding hydrogens is 240 g/mol. The Morgan fingerprint density at radius 3 is 2.37 bits per heavy atom. The summed E-state index contributed by atoms with van der Waals surface area (Å²) in [6.07, 6.45) is 3.01. The molecule has 1 aliphatic rings. The van der Waals surface area contributed by atoms with Crippen LogP contribution < -0.4 is 5.73 Å². The van der Waals surface area contributed by atoms with Crippen LogP contribution in [0, 0.1) is 11.3 Å². The number of hydrogen-bond donors (Lipinski definition) is 1. The summed E-state index contributed by atoms with van der Waals surface area (Å²) < 4.78 is 5.44. The van der Waals surface area contributed by atoms with Crippen molar-refractivity contribution < 1.29 is 9.53 Å². The summed E-state index contributed by atoms with van der Waals surface area (Å²) >= 11 is 0. The van der Waals surface area contributed by atoms with E-state index in [1.807, 2.05) is 25.7 Å². The van der Waals surface area contributed by atoms with Gasteiger partial charge in [-0.3, -0.25) is 0 Å². The Morgan fingerprint density at radius 2 is 1.84 bits per heavy atom. The SMILES string of the molecule is CC(C)(C)OC(=O)N1CCCC(C(C)(C)CN)CC1. The van der Waals surface area contributed by atoms with Crippen LogP contribution in [-0.4, -0.2) is 36.2 Å². The third-order valence-electron chi connectivity index (χ3n) is 4.01. The number of ether oxygens (including phenoxy) is 1. The van der Waals surface area contributed by atoms with E-state index < -0.39 is 5.60 Å². The summed E-state index contributed by atoms with van der Waals surface area (Å²) in [4.78, 5) is 13.9. The zero-order chi connectivity index (χ0) is 14.7. The minimum Gasteiger partial charge on any atom is -0.444 e. The van der Waals surface area contributed by atoms with Gasteiger partial charge in [-0.1, -0.05) is 13.8 Å². The second-order valence-corrected chi connectivity index (χ2v) is 7.29. The Labute approximate surface area is 117 Å². The lowest BCUT2D eigenvalue weighted by molar-refractivity contribution is 0.0251. The molecule has 1 unspecified atom stereocenters. The predicted octanol–water partition coefficient (Wildman–Crippen LogP) is 3.01. The first kappa shape index (κ1) is 16.3. The van der Waals surface area contributed by atoms with Gasteiger partial charge in [0.1, 0.15) is 5.60 Å². The smallest absolute Gasteiger partial charge is 0.410 e. The molecule has 1 rings (SSSR count). The summed E-state index contributed by atoms with van der Waals surface area (Å²) in [7, 11) is 0. The molecule has 0 aromatic rings. The molecule has 1 heterocycles. The Morgan fingerprint density at radius 1 is 1.21 bits per heavy atom. The summed E-state index contributed by atoms with van der Waals surface area (Å²) in [5.74, 6) is 0.588. The fraction of sp³-hybridized carbons (Fsp3) is 0.933. The topological polar surface area (TPSA) is 55.6 Å². The zero-order valence-corrected chi connectivity index (χ0v) is 13.2. The lowest BCUT2D eigenvalue weighted by Crippen LogP contribution is -2.38. The summed E-state index contributed by atoms with van der Waals surface area (Å²) in [5.41, 5.74) is 5.60. The van der Waals surface area contributed by atoms with E-state index in [1.54, 1.807) is 0 Å². The molecule has 4 heteroatoms. The van der Waals surface area contributed by atoms with E-state index in [4.69, 9.17) is 10.5 Å². The Balaban J connectivity index is 2.57. The van der Waals surface area contributed by atoms with Crippen LogP contribution in [0.3, 0.4) is 0 Å². The first-order valence-corrected chi connectivity index (χ1v) is 7.34. The number of carbonyl (C=O) groups is 1. The number of rotatable bonds is 2. The second kappa shape index (κ2) is 6.12. The Kier molecular flexibility index (Phi) is 5.25. The third kappa shape index (κ3) is 5.01. The first-order valence-electron chi connectivity index (χ1n) is 7.34. The van der Waals surface area contributed by atoms with Crippen molar-refractivity contribution in [2.45, 2.75) is 59.5 Å². The van der Waals surface area contributed by atoms with Crippen molar-refractivity contribution in [3.8, 4) is 0 Å². The molecule has 1 amide bonds. The molecular formula is C15H30N2O2. The van der Waals surface area contributed by atoms with Gasteiger partial charge in [0.25, 0.3) is 0 Å². The molecule has 1 fully saturated rings. The maximum atomic E-state index is 12.1. The van der Waals surface area contributed by atoms with Gasteiger partial charge in [0.05, 0.1) is 0 Å². The van der Waals surface area contributed by atoms with Gasteiger partial charge in [-0.15, -0.1) is 0 Å². The van der Waals surface area contributed by atoms with Gasteiger partial charge in [0.15, 0.2) is 0 Å². The van der Waals surface area contributed by atoms with Crippen LogP contribution in [0.4, 0.5) is 4.79 Å². The van der Waals surface area contributed by atoms with Crippen molar-refractivity contribution in [2.75, 3.05) is 19.6 Å². The highest BCUT2D eigenvalue weighted by Gasteiger charge is 2.32. The number of likely N-dealkylation sites (tertiary alicyclic amines) is 1. The van der Waals surface area contributed by atoms with Crippen molar-refractivity contribution in [3.63, 3.8) is 0 Å². The van der Waals surface area contributed by atoms with Gasteiger partial charge in [0, 0.05) is 13.1 Å². The van der Waals surface area contributed by atoms with Crippen LogP contribution in [0.25, 0.3) is 0 Å². The summed E-state index contributed by atoms with van der Waals surface area (Å²) in [5, 5.41) is 0. The molecule has 19 heavy (non-hydrogen) atoms. The van der Waals surface area contributed by atoms with Crippen molar-refractivity contribution >= 4 is 6.09 Å². The number of amides is 1. The zero-order valence-electron chi connectivity index (χ0n) is 13.2. The van der Waals surface area contributed by atoms with E-state index in [0.717, 1.165) is 32.4 Å². The van der Waals surface area contributed by atoms with Crippen LogP contribution in [0.5, 0.6) is 0 Å². The molecule has 112 valence electrons. The number of nitrogens with two attached hydrogens (primary N) is 1. The molecule has 1 aliphatic heterocycles. The first-order chi connectivity index (χ1) is 8.65. The number of nitrogens with zero attached hydrogens (tertiary/aromatic N) is 1. The highest BCUT2D eigenvalue weighted by molar-refractivity contribution is 5.68. The monoisotopic (exact) mass is 270 g/mol. The highest BCUT2D eigenvalue weighted by Crippen LogP contribution is 2.34. The van der Waals surface area contributed by atoms with Gasteiger partial charge < -0.3 is 15.4 Å². The third-order valence-corrected chi connectivity index (χ3v) is 4.01. The Bertz CT molecular complexity index is 308. The lowest BCUT2D eigenvalue weighted by Gasteiger charge is -2.32. The van der Waals surface area contributed by atoms with E-state index in [2.05, 4.69) is 13.8 Å². The van der Waals surface area contributed by atoms with E-state index in [0.29, 0.717) is 12.5 Å². The average molecular weight is 270 g/mol. The maximum absolute atomic E-state index is 12.1. The minimum absolute atomic E-state index is 0.157. The van der Waals surface area contributed by atoms with Crippen LogP contribution in [0.15, 0.2) is 0 Å². The van der Waals surface area contributed by atoms with Crippen LogP contribution in [0.2, 0.25) is 0 Å². The molecule has 2 N–H and O–H groups in total. The van der Waals surface area contributed by atoms with Crippen molar-refractivity contribution in [1.29, 1.82) is 0 Å². The van der Waals surface area contributed by atoms with Crippen LogP contribution in [0.1, 0.15) is 53.9 Å². The quantitative estimate of drug-likeness (QED) is 0.839. The van der Waals surface area contributed by atoms with E-state index in [1.165, 1.54) is 0 Å². The number of carbonyl (C=O) groups excluding carboxylic acids is 1. The standard InChI is InChI=1S/C15H30N2O2/c1-14(2,3)19-13(18)17-9-6-7-12(8-10-17)15(4,5)11-16/h12H,6-11,16H2,1-5H3. The summed E-state index contributed by atoms with van der Waals surface area (Å²) in [6.45, 7) is 12.4. The van der Waals surface area contributed by atoms with Gasteiger partial charge in [0.2, 0.25) is 0 Å². The molecule has 1 atom stereocenters. The van der Waals surface area contributed by atoms with Crippen molar-refractivity contribution in [3.05, 3.63) is 0 Å². The molecule has 0 aromatic heterocycles. The average Bonchev–Trinajstić information content (AvgIpc) is 2.52. The molecule has 0 bridgehead atoms. The molecule has 0 radical (unpaired) electrons. The maximum Gasteiger partial charge on any atom is 0.410 e. The van der Waals surface area contributed by atoms with E-state index in [9.17, 15) is 4.79 Å². The second-order valence-electron chi connectivity index (χ2n) is 7.29. The number of hydrogen-bond acceptors (Lipinski definition) is 3. The molecule has 1 saturated heterocycles. The fourth-order valence-corrected chi connectivity index (χ4v) is 2.55. The molecule has 0 spiro atoms. The largest absolute Gasteiger partial charge is 0.444 e. The highest BCUT2D eigenvalue weighted by atomic mass is 16.6. The van der Waals surface area contributed by atoms with E-state index >= 15 is 0 Å².